The Balaban J connectivity index is 0.00000364. The van der Waals surface area contributed by atoms with Crippen molar-refractivity contribution in [3.05, 3.63) is 52.8 Å². The van der Waals surface area contributed by atoms with Crippen molar-refractivity contribution in [1.29, 1.82) is 0 Å². The van der Waals surface area contributed by atoms with Gasteiger partial charge in [0.2, 0.25) is 0 Å². The van der Waals surface area contributed by atoms with Crippen molar-refractivity contribution in [3.63, 3.8) is 0 Å². The average molecular weight is 483 g/mol. The van der Waals surface area contributed by atoms with Crippen LogP contribution in [0.1, 0.15) is 49.1 Å². The van der Waals surface area contributed by atoms with E-state index < -0.39 is 0 Å². The SMILES string of the molecule is CCNC(=NCCc1cccc(C)c1)N(C)Cc1cn(C)nc1C(C)C.I. The topological polar surface area (TPSA) is 45.5 Å². The fourth-order valence-corrected chi connectivity index (χ4v) is 3.12. The molecule has 1 heterocycles. The Labute approximate surface area is 181 Å². The molecule has 1 aromatic carbocycles. The molecule has 1 N–H and O–H groups in total. The number of rotatable bonds is 7. The van der Waals surface area contributed by atoms with E-state index in [0.29, 0.717) is 5.92 Å². The van der Waals surface area contributed by atoms with Crippen molar-refractivity contribution in [2.45, 2.75) is 46.6 Å². The first-order valence-electron chi connectivity index (χ1n) is 9.48. The van der Waals surface area contributed by atoms with Crippen LogP contribution < -0.4 is 5.32 Å². The van der Waals surface area contributed by atoms with Crippen molar-refractivity contribution in [3.8, 4) is 0 Å². The predicted octanol–water partition coefficient (Wildman–Crippen LogP) is 4.11. The Hall–Kier alpha value is -1.57. The van der Waals surface area contributed by atoms with E-state index in [9.17, 15) is 0 Å². The zero-order valence-electron chi connectivity index (χ0n) is 17.5. The van der Waals surface area contributed by atoms with Crippen molar-refractivity contribution in [1.82, 2.24) is 20.0 Å². The molecule has 150 valence electrons. The number of hydrogen-bond acceptors (Lipinski definition) is 2. The van der Waals surface area contributed by atoms with Gasteiger partial charge in [-0.05, 0) is 31.7 Å². The van der Waals surface area contributed by atoms with Crippen molar-refractivity contribution in [2.75, 3.05) is 20.1 Å². The second-order valence-corrected chi connectivity index (χ2v) is 7.20. The molecule has 6 heteroatoms. The number of benzene rings is 1. The highest BCUT2D eigenvalue weighted by Gasteiger charge is 2.15. The van der Waals surface area contributed by atoms with Gasteiger partial charge in [0.15, 0.2) is 5.96 Å². The van der Waals surface area contributed by atoms with Crippen LogP contribution in [-0.4, -0.2) is 40.8 Å². The van der Waals surface area contributed by atoms with Crippen LogP contribution in [0.2, 0.25) is 0 Å². The van der Waals surface area contributed by atoms with Crippen LogP contribution in [0, 0.1) is 6.92 Å². The summed E-state index contributed by atoms with van der Waals surface area (Å²) in [5.74, 6) is 1.36. The second kappa shape index (κ2) is 11.3. The highest BCUT2D eigenvalue weighted by molar-refractivity contribution is 14.0. The van der Waals surface area contributed by atoms with Crippen molar-refractivity contribution in [2.24, 2.45) is 12.0 Å². The lowest BCUT2D eigenvalue weighted by Crippen LogP contribution is -2.38. The normalized spacial score (nSPS) is 11.4. The molecule has 0 aliphatic rings. The molecule has 5 nitrogen and oxygen atoms in total. The molecule has 0 saturated carbocycles. The number of hydrogen-bond donors (Lipinski definition) is 1. The van der Waals surface area contributed by atoms with Gasteiger partial charge in [0, 0.05) is 45.5 Å². The lowest BCUT2D eigenvalue weighted by Gasteiger charge is -2.22. The molecule has 0 saturated heterocycles. The molecule has 2 aromatic rings. The molecule has 0 fully saturated rings. The zero-order valence-corrected chi connectivity index (χ0v) is 19.8. The number of aliphatic imine (C=N–C) groups is 1. The third kappa shape index (κ3) is 7.16. The third-order valence-electron chi connectivity index (χ3n) is 4.33. The Bertz CT molecular complexity index is 736. The summed E-state index contributed by atoms with van der Waals surface area (Å²) in [5.41, 5.74) is 5.05. The van der Waals surface area contributed by atoms with E-state index in [-0.39, 0.29) is 24.0 Å². The number of halogens is 1. The van der Waals surface area contributed by atoms with E-state index in [2.05, 4.69) is 80.5 Å². The molecule has 0 aliphatic carbocycles. The van der Waals surface area contributed by atoms with Gasteiger partial charge in [-0.25, -0.2) is 0 Å². The lowest BCUT2D eigenvalue weighted by atomic mass is 10.1. The summed E-state index contributed by atoms with van der Waals surface area (Å²) in [7, 11) is 4.07. The van der Waals surface area contributed by atoms with E-state index in [4.69, 9.17) is 4.99 Å². The predicted molar refractivity (Wildman–Crippen MR) is 125 cm³/mol. The van der Waals surface area contributed by atoms with Crippen LogP contribution in [-0.2, 0) is 20.0 Å². The van der Waals surface area contributed by atoms with Crippen LogP contribution >= 0.6 is 24.0 Å². The number of nitrogens with one attached hydrogen (secondary N) is 1. The van der Waals surface area contributed by atoms with Gasteiger partial charge in [0.25, 0.3) is 0 Å². The van der Waals surface area contributed by atoms with Crippen LogP contribution in [0.15, 0.2) is 35.5 Å². The largest absolute Gasteiger partial charge is 0.357 e. The monoisotopic (exact) mass is 483 g/mol. The molecule has 0 radical (unpaired) electrons. The average Bonchev–Trinajstić information content (AvgIpc) is 2.94. The molecule has 1 aromatic heterocycles. The van der Waals surface area contributed by atoms with Gasteiger partial charge in [-0.15, -0.1) is 24.0 Å². The summed E-state index contributed by atoms with van der Waals surface area (Å²) in [6.07, 6.45) is 3.07. The van der Waals surface area contributed by atoms with Gasteiger partial charge in [-0.3, -0.25) is 9.67 Å². The first-order chi connectivity index (χ1) is 12.4. The molecule has 0 atom stereocenters. The van der Waals surface area contributed by atoms with Gasteiger partial charge in [0.1, 0.15) is 0 Å². The van der Waals surface area contributed by atoms with Crippen LogP contribution in [0.25, 0.3) is 0 Å². The summed E-state index contributed by atoms with van der Waals surface area (Å²) in [6.45, 7) is 11.0. The van der Waals surface area contributed by atoms with Gasteiger partial charge < -0.3 is 10.2 Å². The molecule has 0 unspecified atom stereocenters. The maximum atomic E-state index is 4.82. The quantitative estimate of drug-likeness (QED) is 0.366. The highest BCUT2D eigenvalue weighted by Crippen LogP contribution is 2.18. The minimum atomic E-state index is 0. The lowest BCUT2D eigenvalue weighted by molar-refractivity contribution is 0.473. The van der Waals surface area contributed by atoms with E-state index >= 15 is 0 Å². The molecular weight excluding hydrogens is 449 g/mol. The minimum Gasteiger partial charge on any atom is -0.357 e. The summed E-state index contributed by atoms with van der Waals surface area (Å²) in [6, 6.07) is 8.65. The third-order valence-corrected chi connectivity index (χ3v) is 4.33. The summed E-state index contributed by atoms with van der Waals surface area (Å²) < 4.78 is 1.90. The maximum absolute atomic E-state index is 4.82. The summed E-state index contributed by atoms with van der Waals surface area (Å²) in [5, 5.41) is 8.01. The first kappa shape index (κ1) is 23.5. The second-order valence-electron chi connectivity index (χ2n) is 7.20. The number of aryl methyl sites for hydroxylation is 2. The number of aromatic nitrogens is 2. The number of nitrogens with zero attached hydrogens (tertiary/aromatic N) is 4. The molecule has 0 spiro atoms. The molecule has 27 heavy (non-hydrogen) atoms. The van der Waals surface area contributed by atoms with Gasteiger partial charge in [0.05, 0.1) is 5.69 Å². The highest BCUT2D eigenvalue weighted by atomic mass is 127. The van der Waals surface area contributed by atoms with Crippen LogP contribution in [0.4, 0.5) is 0 Å². The molecular formula is C21H34IN5. The minimum absolute atomic E-state index is 0. The van der Waals surface area contributed by atoms with Gasteiger partial charge >= 0.3 is 0 Å². The first-order valence-corrected chi connectivity index (χ1v) is 9.48. The van der Waals surface area contributed by atoms with Crippen molar-refractivity contribution >= 4 is 29.9 Å². The summed E-state index contributed by atoms with van der Waals surface area (Å²) in [4.78, 5) is 7.00. The van der Waals surface area contributed by atoms with Crippen molar-refractivity contribution < 1.29 is 0 Å². The Morgan fingerprint density at radius 2 is 2.07 bits per heavy atom. The van der Waals surface area contributed by atoms with E-state index in [1.54, 1.807) is 0 Å². The fourth-order valence-electron chi connectivity index (χ4n) is 3.12. The zero-order chi connectivity index (χ0) is 19.1. The van der Waals surface area contributed by atoms with E-state index in [1.807, 2.05) is 11.7 Å². The summed E-state index contributed by atoms with van der Waals surface area (Å²) >= 11 is 0. The van der Waals surface area contributed by atoms with Gasteiger partial charge in [-0.1, -0.05) is 43.7 Å². The smallest absolute Gasteiger partial charge is 0.193 e. The molecule has 0 aliphatic heterocycles. The number of guanidine groups is 1. The van der Waals surface area contributed by atoms with E-state index in [0.717, 1.165) is 37.7 Å². The molecule has 0 bridgehead atoms. The van der Waals surface area contributed by atoms with Crippen LogP contribution in [0.5, 0.6) is 0 Å². The standard InChI is InChI=1S/C21H33N5.HI/c1-7-22-21(23-12-11-18-10-8-9-17(4)13-18)25(5)14-19-15-26(6)24-20(19)16(2)3;/h8-10,13,15-16H,7,11-12,14H2,1-6H3,(H,22,23);1H. The van der Waals surface area contributed by atoms with Gasteiger partial charge in [-0.2, -0.15) is 5.10 Å². The fraction of sp³-hybridized carbons (Fsp3) is 0.524. The Morgan fingerprint density at radius 1 is 1.33 bits per heavy atom. The maximum Gasteiger partial charge on any atom is 0.193 e. The molecule has 2 rings (SSSR count). The van der Waals surface area contributed by atoms with E-state index in [1.165, 1.54) is 16.7 Å². The Morgan fingerprint density at radius 3 is 2.70 bits per heavy atom. The molecule has 0 amide bonds. The Kier molecular flexibility index (Phi) is 9.83. The van der Waals surface area contributed by atoms with Crippen LogP contribution in [0.3, 0.4) is 0 Å².